The molecule has 1 aliphatic heterocycles. The summed E-state index contributed by atoms with van der Waals surface area (Å²) in [5.74, 6) is -0.586. The Morgan fingerprint density at radius 1 is 1.03 bits per heavy atom. The van der Waals surface area contributed by atoms with E-state index in [0.29, 0.717) is 32.2 Å². The largest absolute Gasteiger partial charge is 0.466 e. The Labute approximate surface area is 181 Å². The molecular formula is C23H40N2O5. The van der Waals surface area contributed by atoms with Crippen molar-refractivity contribution >= 4 is 17.8 Å². The summed E-state index contributed by atoms with van der Waals surface area (Å²) in [6.45, 7) is 9.13. The van der Waals surface area contributed by atoms with Crippen LogP contribution in [0.4, 0.5) is 0 Å². The van der Waals surface area contributed by atoms with Gasteiger partial charge in [0, 0.05) is 25.6 Å². The number of piperidine rings is 1. The van der Waals surface area contributed by atoms with Crippen LogP contribution in [0.5, 0.6) is 0 Å². The van der Waals surface area contributed by atoms with Crippen molar-refractivity contribution < 1.29 is 23.9 Å². The van der Waals surface area contributed by atoms with Gasteiger partial charge in [0.05, 0.1) is 18.6 Å². The molecule has 2 aliphatic rings. The predicted molar refractivity (Wildman–Crippen MR) is 115 cm³/mol. The summed E-state index contributed by atoms with van der Waals surface area (Å²) < 4.78 is 11.2. The lowest BCUT2D eigenvalue weighted by Crippen LogP contribution is -2.57. The number of hydrogen-bond donors (Lipinski definition) is 1. The van der Waals surface area contributed by atoms with Gasteiger partial charge in [-0.15, -0.1) is 0 Å². The van der Waals surface area contributed by atoms with Crippen molar-refractivity contribution in [1.29, 1.82) is 0 Å². The zero-order valence-electron chi connectivity index (χ0n) is 19.2. The van der Waals surface area contributed by atoms with Crippen LogP contribution in [0.15, 0.2) is 0 Å². The summed E-state index contributed by atoms with van der Waals surface area (Å²) in [6, 6.07) is -0.746. The standard InChI is InChI=1S/C23H40N2O5/c1-5-29-23(28)19-12-9-13-25(14-19)22(27)20(24-21(26)16(2)3)17(4)30-15-18-10-7-6-8-11-18/h16-20H,5-15H2,1-4H3,(H,24,26). The van der Waals surface area contributed by atoms with E-state index >= 15 is 0 Å². The zero-order chi connectivity index (χ0) is 22.1. The number of nitrogens with one attached hydrogen (secondary N) is 1. The Balaban J connectivity index is 2.03. The normalized spacial score (nSPS) is 22.4. The summed E-state index contributed by atoms with van der Waals surface area (Å²) in [7, 11) is 0. The van der Waals surface area contributed by atoms with Gasteiger partial charge in [-0.25, -0.2) is 0 Å². The van der Waals surface area contributed by atoms with Crippen LogP contribution in [0.1, 0.15) is 72.6 Å². The summed E-state index contributed by atoms with van der Waals surface area (Å²) in [4.78, 5) is 39.6. The molecule has 3 unspecified atom stereocenters. The van der Waals surface area contributed by atoms with Gasteiger partial charge < -0.3 is 19.7 Å². The first kappa shape index (κ1) is 24.6. The first-order chi connectivity index (χ1) is 14.3. The third-order valence-corrected chi connectivity index (χ3v) is 6.23. The van der Waals surface area contributed by atoms with Crippen molar-refractivity contribution in [3.63, 3.8) is 0 Å². The van der Waals surface area contributed by atoms with E-state index in [1.807, 2.05) is 20.8 Å². The summed E-state index contributed by atoms with van der Waals surface area (Å²) in [6.07, 6.45) is 7.12. The number of nitrogens with zero attached hydrogens (tertiary/aromatic N) is 1. The van der Waals surface area contributed by atoms with Gasteiger partial charge in [-0.3, -0.25) is 14.4 Å². The highest BCUT2D eigenvalue weighted by molar-refractivity contribution is 5.89. The van der Waals surface area contributed by atoms with Crippen molar-refractivity contribution in [2.45, 2.75) is 84.8 Å². The highest BCUT2D eigenvalue weighted by Crippen LogP contribution is 2.25. The van der Waals surface area contributed by atoms with Gasteiger partial charge in [-0.05, 0) is 45.4 Å². The van der Waals surface area contributed by atoms with Crippen LogP contribution in [0.3, 0.4) is 0 Å². The zero-order valence-corrected chi connectivity index (χ0v) is 19.2. The number of likely N-dealkylation sites (tertiary alicyclic amines) is 1. The molecule has 0 aromatic heterocycles. The number of rotatable bonds is 9. The van der Waals surface area contributed by atoms with Crippen molar-refractivity contribution in [1.82, 2.24) is 10.2 Å². The molecule has 1 N–H and O–H groups in total. The van der Waals surface area contributed by atoms with Gasteiger partial charge in [-0.1, -0.05) is 33.1 Å². The molecule has 7 heteroatoms. The van der Waals surface area contributed by atoms with E-state index < -0.39 is 12.1 Å². The summed E-state index contributed by atoms with van der Waals surface area (Å²) in [5, 5.41) is 2.90. The molecule has 1 heterocycles. The third kappa shape index (κ3) is 7.25. The second-order valence-electron chi connectivity index (χ2n) is 9.06. The molecule has 0 aromatic carbocycles. The molecule has 1 saturated heterocycles. The van der Waals surface area contributed by atoms with Crippen LogP contribution in [0.25, 0.3) is 0 Å². The summed E-state index contributed by atoms with van der Waals surface area (Å²) in [5.41, 5.74) is 0. The average Bonchev–Trinajstić information content (AvgIpc) is 2.76. The fraction of sp³-hybridized carbons (Fsp3) is 0.870. The van der Waals surface area contributed by atoms with Gasteiger partial charge in [0.15, 0.2) is 0 Å². The van der Waals surface area contributed by atoms with E-state index in [9.17, 15) is 14.4 Å². The molecule has 1 saturated carbocycles. The van der Waals surface area contributed by atoms with Crippen molar-refractivity contribution in [3.05, 3.63) is 0 Å². The molecule has 30 heavy (non-hydrogen) atoms. The number of amides is 2. The Kier molecular flexibility index (Phi) is 10.1. The van der Waals surface area contributed by atoms with Gasteiger partial charge in [0.25, 0.3) is 0 Å². The second-order valence-corrected chi connectivity index (χ2v) is 9.06. The van der Waals surface area contributed by atoms with Crippen LogP contribution >= 0.6 is 0 Å². The number of carbonyl (C=O) groups is 3. The van der Waals surface area contributed by atoms with E-state index in [2.05, 4.69) is 5.32 Å². The van der Waals surface area contributed by atoms with Gasteiger partial charge in [0.1, 0.15) is 6.04 Å². The minimum Gasteiger partial charge on any atom is -0.466 e. The van der Waals surface area contributed by atoms with Crippen LogP contribution in [-0.2, 0) is 23.9 Å². The maximum Gasteiger partial charge on any atom is 0.310 e. The van der Waals surface area contributed by atoms with Crippen molar-refractivity contribution in [3.8, 4) is 0 Å². The molecular weight excluding hydrogens is 384 g/mol. The van der Waals surface area contributed by atoms with E-state index in [0.717, 1.165) is 25.7 Å². The quantitative estimate of drug-likeness (QED) is 0.575. The Morgan fingerprint density at radius 3 is 2.37 bits per heavy atom. The number of carbonyl (C=O) groups excluding carboxylic acids is 3. The second kappa shape index (κ2) is 12.3. The lowest BCUT2D eigenvalue weighted by molar-refractivity contribution is -0.153. The Bertz CT molecular complexity index is 574. The third-order valence-electron chi connectivity index (χ3n) is 6.23. The van der Waals surface area contributed by atoms with E-state index in [1.165, 1.54) is 19.3 Å². The topological polar surface area (TPSA) is 84.9 Å². The van der Waals surface area contributed by atoms with Crippen LogP contribution in [-0.4, -0.2) is 61.1 Å². The Morgan fingerprint density at radius 2 is 1.73 bits per heavy atom. The lowest BCUT2D eigenvalue weighted by atomic mass is 9.90. The van der Waals surface area contributed by atoms with E-state index in [-0.39, 0.29) is 29.6 Å². The molecule has 0 aromatic rings. The highest BCUT2D eigenvalue weighted by Gasteiger charge is 2.36. The molecule has 0 spiro atoms. The van der Waals surface area contributed by atoms with Crippen LogP contribution in [0, 0.1) is 17.8 Å². The smallest absolute Gasteiger partial charge is 0.310 e. The minimum atomic E-state index is -0.746. The monoisotopic (exact) mass is 424 g/mol. The number of ether oxygens (including phenoxy) is 2. The molecule has 2 rings (SSSR count). The predicted octanol–water partition coefficient (Wildman–Crippen LogP) is 2.91. The molecule has 0 radical (unpaired) electrons. The lowest BCUT2D eigenvalue weighted by Gasteiger charge is -2.36. The van der Waals surface area contributed by atoms with E-state index in [4.69, 9.17) is 9.47 Å². The van der Waals surface area contributed by atoms with Crippen LogP contribution < -0.4 is 5.32 Å². The maximum absolute atomic E-state index is 13.4. The van der Waals surface area contributed by atoms with Crippen molar-refractivity contribution in [2.75, 3.05) is 26.3 Å². The number of esters is 1. The first-order valence-corrected chi connectivity index (χ1v) is 11.7. The van der Waals surface area contributed by atoms with Gasteiger partial charge in [0.2, 0.25) is 11.8 Å². The maximum atomic E-state index is 13.4. The molecule has 1 aliphatic carbocycles. The molecule has 2 amide bonds. The fourth-order valence-corrected chi connectivity index (χ4v) is 4.26. The van der Waals surface area contributed by atoms with E-state index in [1.54, 1.807) is 11.8 Å². The molecule has 7 nitrogen and oxygen atoms in total. The number of hydrogen-bond acceptors (Lipinski definition) is 5. The SMILES string of the molecule is CCOC(=O)C1CCCN(C(=O)C(NC(=O)C(C)C)C(C)OCC2CCCCC2)C1. The average molecular weight is 425 g/mol. The van der Waals surface area contributed by atoms with Gasteiger partial charge >= 0.3 is 5.97 Å². The molecule has 2 fully saturated rings. The first-order valence-electron chi connectivity index (χ1n) is 11.7. The molecule has 0 bridgehead atoms. The van der Waals surface area contributed by atoms with Crippen LogP contribution in [0.2, 0.25) is 0 Å². The Hall–Kier alpha value is -1.63. The van der Waals surface area contributed by atoms with Crippen molar-refractivity contribution in [2.24, 2.45) is 17.8 Å². The summed E-state index contributed by atoms with van der Waals surface area (Å²) >= 11 is 0. The highest BCUT2D eigenvalue weighted by atomic mass is 16.5. The molecule has 172 valence electrons. The minimum absolute atomic E-state index is 0.166. The van der Waals surface area contributed by atoms with Gasteiger partial charge in [-0.2, -0.15) is 0 Å². The fourth-order valence-electron chi connectivity index (χ4n) is 4.26. The molecule has 3 atom stereocenters.